The van der Waals surface area contributed by atoms with Crippen molar-refractivity contribution in [2.45, 2.75) is 25.1 Å². The number of halogens is 1. The van der Waals surface area contributed by atoms with Gasteiger partial charge in [-0.05, 0) is 13.3 Å². The molecule has 0 saturated heterocycles. The molecule has 0 rings (SSSR count). The van der Waals surface area contributed by atoms with Gasteiger partial charge in [0.2, 0.25) is 0 Å². The molecule has 0 fully saturated rings. The van der Waals surface area contributed by atoms with E-state index in [2.05, 4.69) is 20.7 Å². The van der Waals surface area contributed by atoms with Crippen LogP contribution in [0.2, 0.25) is 0 Å². The summed E-state index contributed by atoms with van der Waals surface area (Å²) in [4.78, 5) is 21.9. The molecule has 0 amide bonds. The third-order valence-corrected chi connectivity index (χ3v) is 2.82. The lowest BCUT2D eigenvalue weighted by molar-refractivity contribution is -0.152. The first kappa shape index (κ1) is 13.4. The van der Waals surface area contributed by atoms with E-state index >= 15 is 0 Å². The maximum Gasteiger partial charge on any atom is 0.320 e. The second kappa shape index (κ2) is 6.81. The fourth-order valence-electron chi connectivity index (χ4n) is 1.03. The van der Waals surface area contributed by atoms with Crippen LogP contribution in [0.4, 0.5) is 0 Å². The van der Waals surface area contributed by atoms with Crippen LogP contribution in [0.3, 0.4) is 0 Å². The van der Waals surface area contributed by atoms with Gasteiger partial charge in [-0.3, -0.25) is 9.59 Å². The Bertz CT molecular complexity index is 205. The van der Waals surface area contributed by atoms with E-state index in [0.29, 0.717) is 13.0 Å². The second-order valence-corrected chi connectivity index (χ2v) is 3.68. The van der Waals surface area contributed by atoms with Crippen molar-refractivity contribution in [3.63, 3.8) is 0 Å². The molecule has 5 heteroatoms. The molecule has 0 unspecified atom stereocenters. The molecule has 0 aromatic heterocycles. The van der Waals surface area contributed by atoms with Crippen LogP contribution < -0.4 is 0 Å². The van der Waals surface area contributed by atoms with E-state index in [1.54, 1.807) is 6.92 Å². The molecule has 0 aromatic carbocycles. The molecule has 0 aliphatic heterocycles. The van der Waals surface area contributed by atoms with Crippen molar-refractivity contribution in [2.75, 3.05) is 13.7 Å². The molecule has 0 N–H and O–H groups in total. The highest BCUT2D eigenvalue weighted by atomic mass is 79.9. The van der Waals surface area contributed by atoms with Crippen molar-refractivity contribution in [1.82, 2.24) is 0 Å². The van der Waals surface area contributed by atoms with Crippen molar-refractivity contribution < 1.29 is 19.1 Å². The number of rotatable bonds is 5. The Morgan fingerprint density at radius 1 is 1.29 bits per heavy atom. The average Bonchev–Trinajstić information content (AvgIpc) is 2.18. The third-order valence-electron chi connectivity index (χ3n) is 1.81. The van der Waals surface area contributed by atoms with E-state index in [1.165, 1.54) is 7.11 Å². The summed E-state index contributed by atoms with van der Waals surface area (Å²) in [6.07, 6.45) is 0.529. The van der Waals surface area contributed by atoms with Gasteiger partial charge in [0.15, 0.2) is 0 Å². The lowest BCUT2D eigenvalue weighted by atomic mass is 10.0. The minimum absolute atomic E-state index is 0.304. The number of hydrogen-bond donors (Lipinski definition) is 0. The first-order chi connectivity index (χ1) is 6.58. The van der Waals surface area contributed by atoms with E-state index in [4.69, 9.17) is 4.74 Å². The quantitative estimate of drug-likeness (QED) is 0.559. The van der Waals surface area contributed by atoms with Gasteiger partial charge in [-0.25, -0.2) is 0 Å². The maximum atomic E-state index is 11.3. The normalized spacial score (nSPS) is 14.3. The molecule has 4 nitrogen and oxygen atoms in total. The summed E-state index contributed by atoms with van der Waals surface area (Å²) in [5, 5.41) is 0. The zero-order valence-electron chi connectivity index (χ0n) is 8.58. The third kappa shape index (κ3) is 3.65. The number of ether oxygens (including phenoxy) is 2. The van der Waals surface area contributed by atoms with Crippen LogP contribution in [0.5, 0.6) is 0 Å². The monoisotopic (exact) mass is 266 g/mol. The molecule has 0 bridgehead atoms. The molecule has 2 atom stereocenters. The van der Waals surface area contributed by atoms with Gasteiger partial charge in [-0.1, -0.05) is 22.9 Å². The number of methoxy groups -OCH3 is 1. The van der Waals surface area contributed by atoms with Gasteiger partial charge in [0.05, 0.1) is 19.6 Å². The molecule has 0 spiro atoms. The Balaban J connectivity index is 4.37. The SMILES string of the molecule is CCOC(=O)[C@@H](Br)[C@@H](CC)C(=O)OC. The van der Waals surface area contributed by atoms with Gasteiger partial charge in [0, 0.05) is 0 Å². The lowest BCUT2D eigenvalue weighted by Crippen LogP contribution is -2.32. The van der Waals surface area contributed by atoms with E-state index < -0.39 is 22.7 Å². The average molecular weight is 267 g/mol. The van der Waals surface area contributed by atoms with Gasteiger partial charge in [-0.15, -0.1) is 0 Å². The summed E-state index contributed by atoms with van der Waals surface area (Å²) in [5.74, 6) is -1.31. The zero-order valence-corrected chi connectivity index (χ0v) is 10.2. The highest BCUT2D eigenvalue weighted by molar-refractivity contribution is 9.10. The van der Waals surface area contributed by atoms with E-state index in [9.17, 15) is 9.59 Å². The van der Waals surface area contributed by atoms with Crippen LogP contribution in [-0.4, -0.2) is 30.5 Å². The molecular formula is C9H15BrO4. The Morgan fingerprint density at radius 3 is 2.21 bits per heavy atom. The van der Waals surface area contributed by atoms with Crippen LogP contribution >= 0.6 is 15.9 Å². The summed E-state index contributed by atoms with van der Waals surface area (Å²) < 4.78 is 9.36. The molecule has 0 aliphatic carbocycles. The highest BCUT2D eigenvalue weighted by Crippen LogP contribution is 2.19. The number of esters is 2. The van der Waals surface area contributed by atoms with Gasteiger partial charge >= 0.3 is 11.9 Å². The Morgan fingerprint density at radius 2 is 1.86 bits per heavy atom. The molecule has 14 heavy (non-hydrogen) atoms. The number of alkyl halides is 1. The fraction of sp³-hybridized carbons (Fsp3) is 0.778. The Hall–Kier alpha value is -0.580. The summed E-state index contributed by atoms with van der Waals surface area (Å²) in [7, 11) is 1.30. The largest absolute Gasteiger partial charge is 0.469 e. The van der Waals surface area contributed by atoms with Crippen molar-refractivity contribution in [1.29, 1.82) is 0 Å². The van der Waals surface area contributed by atoms with Crippen LogP contribution in [0.25, 0.3) is 0 Å². The minimum Gasteiger partial charge on any atom is -0.469 e. The van der Waals surface area contributed by atoms with Crippen LogP contribution in [-0.2, 0) is 19.1 Å². The van der Waals surface area contributed by atoms with E-state index in [1.807, 2.05) is 6.92 Å². The van der Waals surface area contributed by atoms with Crippen LogP contribution in [0.1, 0.15) is 20.3 Å². The predicted octanol–water partition coefficient (Wildman–Crippen LogP) is 1.51. The molecule has 82 valence electrons. The fourth-order valence-corrected chi connectivity index (χ4v) is 1.75. The minimum atomic E-state index is -0.625. The first-order valence-corrected chi connectivity index (χ1v) is 5.38. The summed E-state index contributed by atoms with van der Waals surface area (Å²) in [5.41, 5.74) is 0. The smallest absolute Gasteiger partial charge is 0.320 e. The predicted molar refractivity (Wildman–Crippen MR) is 55.1 cm³/mol. The molecule has 0 heterocycles. The Labute approximate surface area is 92.1 Å². The topological polar surface area (TPSA) is 52.6 Å². The summed E-state index contributed by atoms with van der Waals surface area (Å²) in [6, 6.07) is 0. The van der Waals surface area contributed by atoms with Crippen molar-refractivity contribution in [3.05, 3.63) is 0 Å². The van der Waals surface area contributed by atoms with Crippen LogP contribution in [0.15, 0.2) is 0 Å². The highest BCUT2D eigenvalue weighted by Gasteiger charge is 2.31. The first-order valence-electron chi connectivity index (χ1n) is 4.46. The molecule has 0 aliphatic rings. The lowest BCUT2D eigenvalue weighted by Gasteiger charge is -2.16. The summed E-state index contributed by atoms with van der Waals surface area (Å²) >= 11 is 3.14. The van der Waals surface area contributed by atoms with Crippen molar-refractivity contribution >= 4 is 27.9 Å². The van der Waals surface area contributed by atoms with Gasteiger partial charge in [0.1, 0.15) is 4.83 Å². The van der Waals surface area contributed by atoms with Crippen LogP contribution in [0, 0.1) is 5.92 Å². The molecular weight excluding hydrogens is 252 g/mol. The Kier molecular flexibility index (Phi) is 6.53. The number of carbonyl (C=O) groups excluding carboxylic acids is 2. The second-order valence-electron chi connectivity index (χ2n) is 2.69. The number of carbonyl (C=O) groups is 2. The van der Waals surface area contributed by atoms with E-state index in [0.717, 1.165) is 0 Å². The van der Waals surface area contributed by atoms with Crippen molar-refractivity contribution in [2.24, 2.45) is 5.92 Å². The molecule has 0 radical (unpaired) electrons. The van der Waals surface area contributed by atoms with Crippen molar-refractivity contribution in [3.8, 4) is 0 Å². The summed E-state index contributed by atoms with van der Waals surface area (Å²) in [6.45, 7) is 3.84. The zero-order chi connectivity index (χ0) is 11.1. The van der Waals surface area contributed by atoms with Gasteiger partial charge < -0.3 is 9.47 Å². The van der Waals surface area contributed by atoms with Gasteiger partial charge in [0.25, 0.3) is 0 Å². The number of hydrogen-bond acceptors (Lipinski definition) is 4. The standard InChI is InChI=1S/C9H15BrO4/c1-4-6(8(11)13-3)7(10)9(12)14-5-2/h6-7H,4-5H2,1-3H3/t6-,7+/m1/s1. The molecule has 0 saturated carbocycles. The van der Waals surface area contributed by atoms with Gasteiger partial charge in [-0.2, -0.15) is 0 Å². The van der Waals surface area contributed by atoms with E-state index in [-0.39, 0.29) is 0 Å². The molecule has 0 aromatic rings. The maximum absolute atomic E-state index is 11.3.